The standard InChI is InChI=1S/C27H23Cl3N2O3/c1-5-35-27(34)25-17(4)32(21-9-6-19(28)7-10-21)26(33)22(25)13-18-12-15(2)31(16(18)3)24-14-20(29)8-11-23(24)30/h6-14H,5H2,1-4H3/b22-13-. The molecule has 1 aliphatic rings. The van der Waals surface area contributed by atoms with Crippen LogP contribution in [-0.4, -0.2) is 23.1 Å². The first kappa shape index (κ1) is 25.1. The maximum atomic E-state index is 13.6. The van der Waals surface area contributed by atoms with Crippen LogP contribution in [0.4, 0.5) is 5.69 Å². The van der Waals surface area contributed by atoms with Crippen LogP contribution in [0.15, 0.2) is 65.4 Å². The smallest absolute Gasteiger partial charge is 0.340 e. The fourth-order valence-electron chi connectivity index (χ4n) is 4.30. The number of amides is 1. The van der Waals surface area contributed by atoms with E-state index in [0.29, 0.717) is 26.5 Å². The SMILES string of the molecule is CCOC(=O)C1=C(C)N(c2ccc(Cl)cc2)C(=O)/C1=C\c1cc(C)n(-c2cc(Cl)ccc2Cl)c1C. The van der Waals surface area contributed by atoms with Gasteiger partial charge >= 0.3 is 5.97 Å². The number of hydrogen-bond donors (Lipinski definition) is 0. The van der Waals surface area contributed by atoms with Gasteiger partial charge in [-0.15, -0.1) is 0 Å². The number of aromatic nitrogens is 1. The van der Waals surface area contributed by atoms with Crippen molar-refractivity contribution >= 4 is 58.4 Å². The molecule has 4 rings (SSSR count). The van der Waals surface area contributed by atoms with Crippen molar-refractivity contribution < 1.29 is 14.3 Å². The molecular weight excluding hydrogens is 507 g/mol. The van der Waals surface area contributed by atoms with E-state index in [9.17, 15) is 9.59 Å². The van der Waals surface area contributed by atoms with E-state index in [1.54, 1.807) is 62.4 Å². The van der Waals surface area contributed by atoms with Crippen LogP contribution in [0.3, 0.4) is 0 Å². The van der Waals surface area contributed by atoms with Crippen molar-refractivity contribution in [3.05, 3.63) is 97.4 Å². The molecule has 1 aliphatic heterocycles. The summed E-state index contributed by atoms with van der Waals surface area (Å²) in [6.07, 6.45) is 1.73. The molecule has 0 saturated carbocycles. The number of allylic oxidation sites excluding steroid dienone is 1. The number of halogens is 3. The third-order valence-electron chi connectivity index (χ3n) is 5.88. The highest BCUT2D eigenvalue weighted by molar-refractivity contribution is 6.34. The Morgan fingerprint density at radius 3 is 2.29 bits per heavy atom. The van der Waals surface area contributed by atoms with E-state index in [1.165, 1.54) is 4.90 Å². The van der Waals surface area contributed by atoms with Crippen molar-refractivity contribution in [2.45, 2.75) is 27.7 Å². The number of rotatable bonds is 5. The van der Waals surface area contributed by atoms with E-state index in [1.807, 2.05) is 24.5 Å². The third kappa shape index (κ3) is 4.64. The molecule has 8 heteroatoms. The molecule has 0 unspecified atom stereocenters. The minimum absolute atomic E-state index is 0.194. The molecule has 2 heterocycles. The van der Waals surface area contributed by atoms with Gasteiger partial charge in [0.15, 0.2) is 0 Å². The van der Waals surface area contributed by atoms with Gasteiger partial charge in [-0.2, -0.15) is 0 Å². The van der Waals surface area contributed by atoms with Crippen molar-refractivity contribution in [3.63, 3.8) is 0 Å². The van der Waals surface area contributed by atoms with Gasteiger partial charge in [0.05, 0.1) is 28.5 Å². The first-order valence-electron chi connectivity index (χ1n) is 11.0. The Morgan fingerprint density at radius 1 is 0.971 bits per heavy atom. The monoisotopic (exact) mass is 528 g/mol. The number of anilines is 1. The maximum Gasteiger partial charge on any atom is 0.340 e. The minimum Gasteiger partial charge on any atom is -0.462 e. The fraction of sp³-hybridized carbons (Fsp3) is 0.185. The van der Waals surface area contributed by atoms with Crippen LogP contribution in [0.2, 0.25) is 15.1 Å². The van der Waals surface area contributed by atoms with Crippen LogP contribution in [0.1, 0.15) is 30.8 Å². The zero-order valence-electron chi connectivity index (χ0n) is 19.7. The van der Waals surface area contributed by atoms with Crippen molar-refractivity contribution in [1.82, 2.24) is 4.57 Å². The van der Waals surface area contributed by atoms with Gasteiger partial charge in [-0.3, -0.25) is 9.69 Å². The second kappa shape index (κ2) is 9.94. The normalized spacial score (nSPS) is 14.9. The highest BCUT2D eigenvalue weighted by Gasteiger charge is 2.38. The molecule has 0 saturated heterocycles. The fourth-order valence-corrected chi connectivity index (χ4v) is 4.79. The summed E-state index contributed by atoms with van der Waals surface area (Å²) in [5.41, 5.74) is 4.85. The van der Waals surface area contributed by atoms with Gasteiger partial charge in [-0.25, -0.2) is 4.79 Å². The van der Waals surface area contributed by atoms with Gasteiger partial charge in [0.25, 0.3) is 5.91 Å². The summed E-state index contributed by atoms with van der Waals surface area (Å²) in [6, 6.07) is 14.1. The lowest BCUT2D eigenvalue weighted by atomic mass is 10.0. The summed E-state index contributed by atoms with van der Waals surface area (Å²) in [6.45, 7) is 7.52. The Kier molecular flexibility index (Phi) is 7.13. The van der Waals surface area contributed by atoms with Crippen molar-refractivity contribution in [2.75, 3.05) is 11.5 Å². The predicted octanol–water partition coefficient (Wildman–Crippen LogP) is 7.32. The first-order chi connectivity index (χ1) is 16.6. The predicted molar refractivity (Wildman–Crippen MR) is 142 cm³/mol. The van der Waals surface area contributed by atoms with Gasteiger partial charge in [0, 0.05) is 32.8 Å². The lowest BCUT2D eigenvalue weighted by molar-refractivity contribution is -0.138. The lowest BCUT2D eigenvalue weighted by Crippen LogP contribution is -2.24. The molecule has 2 aromatic carbocycles. The molecule has 0 atom stereocenters. The molecule has 1 aromatic heterocycles. The van der Waals surface area contributed by atoms with Crippen molar-refractivity contribution in [2.24, 2.45) is 0 Å². The van der Waals surface area contributed by atoms with Crippen molar-refractivity contribution in [3.8, 4) is 5.69 Å². The number of ether oxygens (including phenoxy) is 1. The highest BCUT2D eigenvalue weighted by Crippen LogP contribution is 2.37. The Labute approximate surface area is 219 Å². The van der Waals surface area contributed by atoms with Crippen LogP contribution in [0.5, 0.6) is 0 Å². The van der Waals surface area contributed by atoms with Gasteiger partial charge in [-0.05, 0) is 87.9 Å². The molecule has 0 fully saturated rings. The summed E-state index contributed by atoms with van der Waals surface area (Å²) in [5, 5.41) is 1.66. The average Bonchev–Trinajstić information content (AvgIpc) is 3.22. The van der Waals surface area contributed by atoms with Gasteiger partial charge < -0.3 is 9.30 Å². The Morgan fingerprint density at radius 2 is 1.63 bits per heavy atom. The number of nitrogens with zero attached hydrogens (tertiary/aromatic N) is 2. The van der Waals surface area contributed by atoms with Gasteiger partial charge in [0.2, 0.25) is 0 Å². The molecule has 5 nitrogen and oxygen atoms in total. The first-order valence-corrected chi connectivity index (χ1v) is 12.1. The lowest BCUT2D eigenvalue weighted by Gasteiger charge is -2.18. The van der Waals surface area contributed by atoms with Crippen LogP contribution < -0.4 is 4.90 Å². The molecule has 0 radical (unpaired) electrons. The van der Waals surface area contributed by atoms with Crippen LogP contribution >= 0.6 is 34.8 Å². The molecule has 0 spiro atoms. The second-order valence-corrected chi connectivity index (χ2v) is 9.39. The van der Waals surface area contributed by atoms with E-state index in [4.69, 9.17) is 39.5 Å². The summed E-state index contributed by atoms with van der Waals surface area (Å²) in [4.78, 5) is 28.1. The number of aryl methyl sites for hydroxylation is 1. The van der Waals surface area contributed by atoms with E-state index in [2.05, 4.69) is 0 Å². The van der Waals surface area contributed by atoms with E-state index < -0.39 is 5.97 Å². The zero-order chi connectivity index (χ0) is 25.4. The molecule has 180 valence electrons. The van der Waals surface area contributed by atoms with E-state index in [0.717, 1.165) is 22.6 Å². The molecular formula is C27H23Cl3N2O3. The van der Waals surface area contributed by atoms with Gasteiger partial charge in [0.1, 0.15) is 0 Å². The van der Waals surface area contributed by atoms with Crippen LogP contribution in [0.25, 0.3) is 11.8 Å². The topological polar surface area (TPSA) is 51.5 Å². The minimum atomic E-state index is -0.548. The highest BCUT2D eigenvalue weighted by atomic mass is 35.5. The number of benzene rings is 2. The number of carbonyl (C=O) groups excluding carboxylic acids is 2. The Balaban J connectivity index is 1.86. The molecule has 0 aliphatic carbocycles. The maximum absolute atomic E-state index is 13.6. The number of carbonyl (C=O) groups is 2. The summed E-state index contributed by atoms with van der Waals surface area (Å²) in [7, 11) is 0. The summed E-state index contributed by atoms with van der Waals surface area (Å²) in [5.74, 6) is -0.869. The van der Waals surface area contributed by atoms with Crippen LogP contribution in [0, 0.1) is 13.8 Å². The Hall–Kier alpha value is -2.99. The molecule has 3 aromatic rings. The Bertz CT molecular complexity index is 1400. The molecule has 1 amide bonds. The largest absolute Gasteiger partial charge is 0.462 e. The molecule has 0 N–H and O–H groups in total. The van der Waals surface area contributed by atoms with Crippen molar-refractivity contribution in [1.29, 1.82) is 0 Å². The zero-order valence-corrected chi connectivity index (χ0v) is 21.9. The average molecular weight is 530 g/mol. The summed E-state index contributed by atoms with van der Waals surface area (Å²) >= 11 is 18.7. The van der Waals surface area contributed by atoms with E-state index >= 15 is 0 Å². The molecule has 0 bridgehead atoms. The number of esters is 1. The summed E-state index contributed by atoms with van der Waals surface area (Å²) < 4.78 is 7.27. The second-order valence-electron chi connectivity index (χ2n) is 8.11. The third-order valence-corrected chi connectivity index (χ3v) is 6.69. The quantitative estimate of drug-likeness (QED) is 0.257. The molecule has 35 heavy (non-hydrogen) atoms. The van der Waals surface area contributed by atoms with Gasteiger partial charge in [-0.1, -0.05) is 34.8 Å². The van der Waals surface area contributed by atoms with E-state index in [-0.39, 0.29) is 23.7 Å². The van der Waals surface area contributed by atoms with Crippen LogP contribution in [-0.2, 0) is 14.3 Å². The number of hydrogen-bond acceptors (Lipinski definition) is 3.